The lowest BCUT2D eigenvalue weighted by Gasteiger charge is -2.26. The van der Waals surface area contributed by atoms with Crippen LogP contribution in [0.3, 0.4) is 0 Å². The molecule has 1 saturated carbocycles. The van der Waals surface area contributed by atoms with E-state index in [0.29, 0.717) is 6.42 Å². The average molecular weight is 553 g/mol. The SMILES string of the molecule is CCCCOC(=O)C[C@H](NC(=O)OCc1ccccc1)C(=O)N[C@@H](Cc1ccccc1)C(=O)OC1CCCCC1. The van der Waals surface area contributed by atoms with Crippen LogP contribution in [0.15, 0.2) is 60.7 Å². The normalized spacial score (nSPS) is 14.8. The molecule has 2 N–H and O–H groups in total. The average Bonchev–Trinajstić information content (AvgIpc) is 2.97. The molecule has 2 atom stereocenters. The lowest BCUT2D eigenvalue weighted by molar-refractivity contribution is -0.154. The molecule has 3 rings (SSSR count). The van der Waals surface area contributed by atoms with Crippen molar-refractivity contribution in [1.29, 1.82) is 0 Å². The maximum atomic E-state index is 13.4. The Balaban J connectivity index is 1.70. The first-order valence-electron chi connectivity index (χ1n) is 14.1. The number of carbonyl (C=O) groups is 4. The highest BCUT2D eigenvalue weighted by molar-refractivity contribution is 5.92. The zero-order valence-corrected chi connectivity index (χ0v) is 23.1. The Kier molecular flexibility index (Phi) is 13.0. The van der Waals surface area contributed by atoms with Crippen molar-refractivity contribution in [3.63, 3.8) is 0 Å². The van der Waals surface area contributed by atoms with Gasteiger partial charge in [0.15, 0.2) is 0 Å². The van der Waals surface area contributed by atoms with Crippen molar-refractivity contribution in [2.24, 2.45) is 0 Å². The second-order valence-corrected chi connectivity index (χ2v) is 9.98. The van der Waals surface area contributed by atoms with Gasteiger partial charge in [0.2, 0.25) is 5.91 Å². The number of hydrogen-bond acceptors (Lipinski definition) is 7. The van der Waals surface area contributed by atoms with Crippen molar-refractivity contribution in [3.8, 4) is 0 Å². The largest absolute Gasteiger partial charge is 0.466 e. The van der Waals surface area contributed by atoms with Gasteiger partial charge in [0.1, 0.15) is 24.8 Å². The highest BCUT2D eigenvalue weighted by Gasteiger charge is 2.31. The van der Waals surface area contributed by atoms with E-state index in [1.807, 2.05) is 55.5 Å². The van der Waals surface area contributed by atoms with Crippen LogP contribution in [0.25, 0.3) is 0 Å². The molecule has 0 heterocycles. The molecule has 216 valence electrons. The molecule has 9 heteroatoms. The van der Waals surface area contributed by atoms with Gasteiger partial charge in [-0.05, 0) is 43.2 Å². The zero-order valence-electron chi connectivity index (χ0n) is 23.1. The van der Waals surface area contributed by atoms with Crippen LogP contribution < -0.4 is 10.6 Å². The monoisotopic (exact) mass is 552 g/mol. The smallest absolute Gasteiger partial charge is 0.408 e. The Morgan fingerprint density at radius 1 is 0.825 bits per heavy atom. The third-order valence-electron chi connectivity index (χ3n) is 6.67. The Morgan fingerprint density at radius 2 is 1.48 bits per heavy atom. The van der Waals surface area contributed by atoms with Crippen LogP contribution in [-0.4, -0.2) is 48.7 Å². The van der Waals surface area contributed by atoms with Gasteiger partial charge in [-0.3, -0.25) is 9.59 Å². The molecule has 1 aliphatic rings. The van der Waals surface area contributed by atoms with Gasteiger partial charge in [-0.15, -0.1) is 0 Å². The maximum absolute atomic E-state index is 13.4. The van der Waals surface area contributed by atoms with Gasteiger partial charge in [0.25, 0.3) is 0 Å². The molecule has 0 spiro atoms. The van der Waals surface area contributed by atoms with Crippen molar-refractivity contribution >= 4 is 23.9 Å². The van der Waals surface area contributed by atoms with E-state index in [4.69, 9.17) is 14.2 Å². The fraction of sp³-hybridized carbons (Fsp3) is 0.484. The highest BCUT2D eigenvalue weighted by atomic mass is 16.6. The number of nitrogens with one attached hydrogen (secondary N) is 2. The summed E-state index contributed by atoms with van der Waals surface area (Å²) in [6.45, 7) is 2.17. The molecule has 0 saturated heterocycles. The van der Waals surface area contributed by atoms with Gasteiger partial charge < -0.3 is 24.8 Å². The van der Waals surface area contributed by atoms with Crippen molar-refractivity contribution in [3.05, 3.63) is 71.8 Å². The van der Waals surface area contributed by atoms with Crippen molar-refractivity contribution in [2.45, 2.75) is 89.5 Å². The van der Waals surface area contributed by atoms with Gasteiger partial charge in [-0.2, -0.15) is 0 Å². The van der Waals surface area contributed by atoms with Crippen LogP contribution in [0.1, 0.15) is 69.4 Å². The first kappa shape index (κ1) is 30.7. The van der Waals surface area contributed by atoms with Crippen LogP contribution in [-0.2, 0) is 41.6 Å². The summed E-state index contributed by atoms with van der Waals surface area (Å²) < 4.78 is 16.2. The third-order valence-corrected chi connectivity index (χ3v) is 6.67. The fourth-order valence-corrected chi connectivity index (χ4v) is 4.42. The highest BCUT2D eigenvalue weighted by Crippen LogP contribution is 2.21. The predicted octanol–water partition coefficient (Wildman–Crippen LogP) is 4.62. The topological polar surface area (TPSA) is 120 Å². The quantitative estimate of drug-likeness (QED) is 0.199. The van der Waals surface area contributed by atoms with Crippen molar-refractivity contribution in [1.82, 2.24) is 10.6 Å². The molecule has 0 radical (unpaired) electrons. The van der Waals surface area contributed by atoms with Crippen LogP contribution in [0, 0.1) is 0 Å². The number of carbonyl (C=O) groups excluding carboxylic acids is 4. The number of benzene rings is 2. The summed E-state index contributed by atoms with van der Waals surface area (Å²) in [5, 5.41) is 5.19. The molecule has 40 heavy (non-hydrogen) atoms. The number of esters is 2. The van der Waals surface area contributed by atoms with E-state index in [2.05, 4.69) is 10.6 Å². The second kappa shape index (κ2) is 16.9. The van der Waals surface area contributed by atoms with Crippen molar-refractivity contribution < 1.29 is 33.4 Å². The van der Waals surface area contributed by atoms with Gasteiger partial charge in [-0.1, -0.05) is 80.4 Å². The summed E-state index contributed by atoms with van der Waals surface area (Å²) in [6.07, 6.45) is 4.93. The Hall–Kier alpha value is -3.88. The Morgan fingerprint density at radius 3 is 2.12 bits per heavy atom. The molecule has 2 aromatic rings. The standard InChI is InChI=1S/C31H40N2O7/c1-2-3-19-38-28(34)21-26(33-31(37)39-22-24-15-9-5-10-16-24)29(35)32-27(20-23-13-7-4-8-14-23)30(36)40-25-17-11-6-12-18-25/h4-5,7-10,13-16,25-27H,2-3,6,11-12,17-22H2,1H3,(H,32,35)(H,33,37)/t26-,27-/m0/s1. The first-order valence-corrected chi connectivity index (χ1v) is 14.1. The summed E-state index contributed by atoms with van der Waals surface area (Å²) in [4.78, 5) is 51.7. The number of unbranched alkanes of at least 4 members (excludes halogenated alkanes) is 1. The fourth-order valence-electron chi connectivity index (χ4n) is 4.42. The number of alkyl carbamates (subject to hydrolysis) is 1. The summed E-state index contributed by atoms with van der Waals surface area (Å²) in [5.41, 5.74) is 1.60. The van der Waals surface area contributed by atoms with E-state index in [1.165, 1.54) is 0 Å². The lowest BCUT2D eigenvalue weighted by atomic mass is 9.97. The van der Waals surface area contributed by atoms with Gasteiger partial charge in [0.05, 0.1) is 13.0 Å². The van der Waals surface area contributed by atoms with Gasteiger partial charge in [-0.25, -0.2) is 9.59 Å². The summed E-state index contributed by atoms with van der Waals surface area (Å²) in [6, 6.07) is 16.0. The number of rotatable bonds is 14. The minimum Gasteiger partial charge on any atom is -0.466 e. The van der Waals surface area contributed by atoms with E-state index in [1.54, 1.807) is 12.1 Å². The number of ether oxygens (including phenoxy) is 3. The Bertz CT molecular complexity index is 1070. The zero-order chi connectivity index (χ0) is 28.6. The van der Waals surface area contributed by atoms with E-state index in [-0.39, 0.29) is 25.7 Å². The molecular formula is C31H40N2O7. The van der Waals surface area contributed by atoms with Crippen LogP contribution in [0.4, 0.5) is 4.79 Å². The second-order valence-electron chi connectivity index (χ2n) is 9.98. The third kappa shape index (κ3) is 11.1. The van der Waals surface area contributed by atoms with Crippen LogP contribution in [0.5, 0.6) is 0 Å². The molecule has 0 bridgehead atoms. The molecule has 1 fully saturated rings. The van der Waals surface area contributed by atoms with E-state index < -0.39 is 42.4 Å². The number of amides is 2. The molecule has 2 amide bonds. The summed E-state index contributed by atoms with van der Waals surface area (Å²) in [5.74, 6) is -1.88. The van der Waals surface area contributed by atoms with Gasteiger partial charge in [0, 0.05) is 6.42 Å². The maximum Gasteiger partial charge on any atom is 0.408 e. The first-order chi connectivity index (χ1) is 19.4. The molecule has 0 unspecified atom stereocenters. The molecule has 9 nitrogen and oxygen atoms in total. The van der Waals surface area contributed by atoms with Crippen LogP contribution >= 0.6 is 0 Å². The summed E-state index contributed by atoms with van der Waals surface area (Å²) in [7, 11) is 0. The molecule has 0 aliphatic heterocycles. The lowest BCUT2D eigenvalue weighted by Crippen LogP contribution is -2.53. The Labute approximate surface area is 236 Å². The predicted molar refractivity (Wildman–Crippen MR) is 149 cm³/mol. The number of hydrogen-bond donors (Lipinski definition) is 2. The molecular weight excluding hydrogens is 512 g/mol. The molecule has 1 aliphatic carbocycles. The van der Waals surface area contributed by atoms with Crippen LogP contribution in [0.2, 0.25) is 0 Å². The summed E-state index contributed by atoms with van der Waals surface area (Å²) >= 11 is 0. The molecule has 0 aromatic heterocycles. The van der Waals surface area contributed by atoms with E-state index >= 15 is 0 Å². The van der Waals surface area contributed by atoms with Gasteiger partial charge >= 0.3 is 18.0 Å². The van der Waals surface area contributed by atoms with E-state index in [0.717, 1.165) is 49.7 Å². The minimum absolute atomic E-state index is 0.00763. The minimum atomic E-state index is -1.31. The molecule has 2 aromatic carbocycles. The van der Waals surface area contributed by atoms with Crippen molar-refractivity contribution in [2.75, 3.05) is 6.61 Å². The van der Waals surface area contributed by atoms with E-state index in [9.17, 15) is 19.2 Å².